The van der Waals surface area contributed by atoms with Crippen LogP contribution in [0.15, 0.2) is 48.9 Å². The van der Waals surface area contributed by atoms with Crippen LogP contribution >= 0.6 is 34.5 Å². The standard InChI is InChI=1S/C17H11Cl2N5O2S/c18-10-4-5-20-12(7-10)22-15(25)14-16(26)24(9-11-8-21-17(19)27-11)13-3-1-2-6-23(13)14/h1-8H,9H2,(H-,20,22,25,26). The third-order valence-corrected chi connectivity index (χ3v) is 5.16. The Morgan fingerprint density at radius 3 is 2.89 bits per heavy atom. The molecule has 0 saturated heterocycles. The second kappa shape index (κ2) is 7.15. The fraction of sp³-hybridized carbons (Fsp3) is 0.0588. The molecule has 27 heavy (non-hydrogen) atoms. The van der Waals surface area contributed by atoms with Gasteiger partial charge in [-0.15, -0.1) is 11.3 Å². The Hall–Kier alpha value is -2.68. The van der Waals surface area contributed by atoms with Crippen molar-refractivity contribution < 1.29 is 14.5 Å². The summed E-state index contributed by atoms with van der Waals surface area (Å²) in [7, 11) is 0. The molecule has 0 bridgehead atoms. The molecule has 4 heterocycles. The van der Waals surface area contributed by atoms with Gasteiger partial charge in [-0.1, -0.05) is 29.3 Å². The first-order valence-corrected chi connectivity index (χ1v) is 9.33. The molecule has 10 heteroatoms. The monoisotopic (exact) mass is 419 g/mol. The molecule has 7 nitrogen and oxygen atoms in total. The number of pyridine rings is 2. The van der Waals surface area contributed by atoms with Crippen molar-refractivity contribution in [2.75, 3.05) is 5.32 Å². The Bertz CT molecular complexity index is 1160. The number of hydrogen-bond acceptors (Lipinski definition) is 5. The summed E-state index contributed by atoms with van der Waals surface area (Å²) in [6.07, 6.45) is 4.74. The number of halogens is 2. The Balaban J connectivity index is 1.76. The summed E-state index contributed by atoms with van der Waals surface area (Å²) in [5.74, 6) is -0.735. The predicted molar refractivity (Wildman–Crippen MR) is 100 cm³/mol. The molecule has 4 aromatic heterocycles. The van der Waals surface area contributed by atoms with Crippen LogP contribution in [0.1, 0.15) is 15.4 Å². The fourth-order valence-corrected chi connectivity index (χ4v) is 3.83. The molecule has 1 N–H and O–H groups in total. The number of amides is 1. The highest BCUT2D eigenvalue weighted by Crippen LogP contribution is 2.21. The lowest BCUT2D eigenvalue weighted by atomic mass is 10.3. The van der Waals surface area contributed by atoms with E-state index in [-0.39, 0.29) is 18.1 Å². The number of thiazole rings is 1. The topological polar surface area (TPSA) is 86.2 Å². The molecule has 1 amide bonds. The van der Waals surface area contributed by atoms with Crippen molar-refractivity contribution in [3.63, 3.8) is 0 Å². The van der Waals surface area contributed by atoms with E-state index in [4.69, 9.17) is 23.2 Å². The molecule has 0 spiro atoms. The Labute approximate surface area is 167 Å². The summed E-state index contributed by atoms with van der Waals surface area (Å²) in [6.45, 7) is 0.263. The zero-order valence-corrected chi connectivity index (χ0v) is 15.9. The maximum Gasteiger partial charge on any atom is 0.300 e. The van der Waals surface area contributed by atoms with Crippen LogP contribution in [0.2, 0.25) is 9.49 Å². The van der Waals surface area contributed by atoms with Gasteiger partial charge < -0.3 is 10.4 Å². The minimum atomic E-state index is -0.572. The molecule has 0 radical (unpaired) electrons. The van der Waals surface area contributed by atoms with Crippen LogP contribution in [0.25, 0.3) is 5.65 Å². The van der Waals surface area contributed by atoms with Crippen molar-refractivity contribution >= 4 is 51.9 Å². The summed E-state index contributed by atoms with van der Waals surface area (Å²) in [5, 5.41) is 16.0. The Morgan fingerprint density at radius 2 is 2.15 bits per heavy atom. The maximum atomic E-state index is 13.0. The molecule has 0 saturated carbocycles. The van der Waals surface area contributed by atoms with E-state index in [0.29, 0.717) is 15.1 Å². The van der Waals surface area contributed by atoms with Crippen molar-refractivity contribution in [2.45, 2.75) is 6.54 Å². The van der Waals surface area contributed by atoms with Crippen LogP contribution in [0.3, 0.4) is 0 Å². The summed E-state index contributed by atoms with van der Waals surface area (Å²) in [4.78, 5) is 21.6. The smallest absolute Gasteiger partial charge is 0.300 e. The summed E-state index contributed by atoms with van der Waals surface area (Å²) in [5.41, 5.74) is 0.555. The number of nitrogens with one attached hydrogen (secondary N) is 1. The summed E-state index contributed by atoms with van der Waals surface area (Å²) >= 11 is 13.1. The van der Waals surface area contributed by atoms with Gasteiger partial charge in [0.05, 0.1) is 11.1 Å². The molecule has 0 unspecified atom stereocenters. The second-order valence-electron chi connectivity index (χ2n) is 5.56. The molecule has 0 aromatic carbocycles. The van der Waals surface area contributed by atoms with Gasteiger partial charge in [0.1, 0.15) is 18.2 Å². The van der Waals surface area contributed by atoms with Crippen molar-refractivity contribution in [1.29, 1.82) is 0 Å². The van der Waals surface area contributed by atoms with Crippen LogP contribution in [0.5, 0.6) is 5.88 Å². The van der Waals surface area contributed by atoms with Gasteiger partial charge in [0.25, 0.3) is 11.6 Å². The van der Waals surface area contributed by atoms with Gasteiger partial charge in [-0.05, 0) is 18.2 Å². The van der Waals surface area contributed by atoms with Crippen molar-refractivity contribution in [1.82, 2.24) is 14.4 Å². The van der Waals surface area contributed by atoms with E-state index >= 15 is 0 Å². The van der Waals surface area contributed by atoms with Gasteiger partial charge in [0, 0.05) is 23.5 Å². The largest absolute Gasteiger partial charge is 0.839 e. The lowest BCUT2D eigenvalue weighted by Crippen LogP contribution is -2.36. The van der Waals surface area contributed by atoms with E-state index < -0.39 is 11.8 Å². The number of nitrogens with zero attached hydrogens (tertiary/aromatic N) is 4. The first-order valence-electron chi connectivity index (χ1n) is 7.76. The highest BCUT2D eigenvalue weighted by atomic mass is 35.5. The quantitative estimate of drug-likeness (QED) is 0.515. The molecule has 4 aromatic rings. The molecule has 0 aliphatic rings. The number of hydrogen-bond donors (Lipinski definition) is 1. The average molecular weight is 420 g/mol. The van der Waals surface area contributed by atoms with Crippen molar-refractivity contribution in [3.8, 4) is 5.88 Å². The molecular weight excluding hydrogens is 409 g/mol. The van der Waals surface area contributed by atoms with Crippen LogP contribution in [0, 0.1) is 0 Å². The van der Waals surface area contributed by atoms with Crippen LogP contribution in [-0.4, -0.2) is 20.3 Å². The van der Waals surface area contributed by atoms with E-state index in [1.54, 1.807) is 41.1 Å². The maximum absolute atomic E-state index is 13.0. The predicted octanol–water partition coefficient (Wildman–Crippen LogP) is 2.76. The first kappa shape index (κ1) is 17.7. The van der Waals surface area contributed by atoms with E-state index in [0.717, 1.165) is 4.88 Å². The number of aromatic nitrogens is 4. The highest BCUT2D eigenvalue weighted by molar-refractivity contribution is 7.15. The molecular formula is C17H11Cl2N5O2S. The number of anilines is 1. The van der Waals surface area contributed by atoms with Crippen LogP contribution < -0.4 is 15.0 Å². The van der Waals surface area contributed by atoms with Crippen LogP contribution in [-0.2, 0) is 6.54 Å². The van der Waals surface area contributed by atoms with Gasteiger partial charge in [-0.25, -0.2) is 14.5 Å². The van der Waals surface area contributed by atoms with Gasteiger partial charge in [0.2, 0.25) is 5.69 Å². The lowest BCUT2D eigenvalue weighted by Gasteiger charge is -2.06. The number of carbonyl (C=O) groups excluding carboxylic acids is 1. The number of carbonyl (C=O) groups is 1. The summed E-state index contributed by atoms with van der Waals surface area (Å²) in [6, 6.07) is 8.41. The zero-order valence-electron chi connectivity index (χ0n) is 13.6. The normalized spacial score (nSPS) is 11.0. The molecule has 0 aliphatic carbocycles. The molecule has 0 atom stereocenters. The number of imidazole rings is 1. The minimum Gasteiger partial charge on any atom is -0.839 e. The zero-order chi connectivity index (χ0) is 19.0. The third-order valence-electron chi connectivity index (χ3n) is 3.82. The Morgan fingerprint density at radius 1 is 1.30 bits per heavy atom. The summed E-state index contributed by atoms with van der Waals surface area (Å²) < 4.78 is 3.45. The SMILES string of the molecule is O=C(Nc1cc(Cl)ccn1)c1c([O-])[n+](Cc2cnc(Cl)s2)c2ccccn12. The van der Waals surface area contributed by atoms with E-state index in [9.17, 15) is 9.90 Å². The van der Waals surface area contributed by atoms with Crippen molar-refractivity contribution in [2.24, 2.45) is 0 Å². The minimum absolute atomic E-state index is 0.0250. The third kappa shape index (κ3) is 3.46. The number of rotatable bonds is 4. The lowest BCUT2D eigenvalue weighted by molar-refractivity contribution is -0.704. The van der Waals surface area contributed by atoms with E-state index in [2.05, 4.69) is 15.3 Å². The van der Waals surface area contributed by atoms with Gasteiger partial charge in [-0.3, -0.25) is 4.79 Å². The molecule has 4 rings (SSSR count). The molecule has 136 valence electrons. The second-order valence-corrected chi connectivity index (χ2v) is 7.70. The molecule has 0 fully saturated rings. The van der Waals surface area contributed by atoms with E-state index in [1.807, 2.05) is 0 Å². The van der Waals surface area contributed by atoms with Gasteiger partial charge >= 0.3 is 0 Å². The van der Waals surface area contributed by atoms with Crippen LogP contribution in [0.4, 0.5) is 5.82 Å². The van der Waals surface area contributed by atoms with Crippen molar-refractivity contribution in [3.05, 3.63) is 69.0 Å². The van der Waals surface area contributed by atoms with Gasteiger partial charge in [0.15, 0.2) is 4.47 Å². The molecule has 0 aliphatic heterocycles. The number of fused-ring (bicyclic) bond motifs is 1. The van der Waals surface area contributed by atoms with Gasteiger partial charge in [-0.2, -0.15) is 4.40 Å². The van der Waals surface area contributed by atoms with E-state index in [1.165, 1.54) is 28.2 Å². The fourth-order valence-electron chi connectivity index (χ4n) is 2.70. The Kier molecular flexibility index (Phi) is 4.69. The average Bonchev–Trinajstić information content (AvgIpc) is 3.17. The highest BCUT2D eigenvalue weighted by Gasteiger charge is 2.26. The first-order chi connectivity index (χ1) is 13.0.